The van der Waals surface area contributed by atoms with Crippen molar-refractivity contribution in [2.75, 3.05) is 11.9 Å². The fourth-order valence-corrected chi connectivity index (χ4v) is 2.91. The van der Waals surface area contributed by atoms with E-state index in [2.05, 4.69) is 5.10 Å². The minimum absolute atomic E-state index is 0.0417. The number of rotatable bonds is 4. The van der Waals surface area contributed by atoms with Crippen molar-refractivity contribution in [1.29, 1.82) is 0 Å². The number of Topliss-reactive ketones (excluding diaryl/α,β-unsaturated/α-hetero) is 1. The van der Waals surface area contributed by atoms with Crippen molar-refractivity contribution in [3.63, 3.8) is 0 Å². The molecular formula is C14H22N4O3. The van der Waals surface area contributed by atoms with Crippen LogP contribution in [0.1, 0.15) is 51.3 Å². The molecule has 0 bridgehead atoms. The van der Waals surface area contributed by atoms with Crippen LogP contribution in [0.3, 0.4) is 0 Å². The molecule has 1 aromatic heterocycles. The van der Waals surface area contributed by atoms with Crippen LogP contribution in [0.25, 0.3) is 0 Å². The molecule has 2 rings (SSSR count). The van der Waals surface area contributed by atoms with Crippen LogP contribution >= 0.6 is 0 Å². The van der Waals surface area contributed by atoms with Gasteiger partial charge in [0.05, 0.1) is 4.92 Å². The predicted molar refractivity (Wildman–Crippen MR) is 79.7 cm³/mol. The summed E-state index contributed by atoms with van der Waals surface area (Å²) in [6.45, 7) is 5.58. The highest BCUT2D eigenvalue weighted by molar-refractivity contribution is 5.79. The van der Waals surface area contributed by atoms with Crippen LogP contribution in [0.4, 0.5) is 11.5 Å². The molecule has 0 amide bonds. The quantitative estimate of drug-likeness (QED) is 0.630. The van der Waals surface area contributed by atoms with E-state index in [9.17, 15) is 14.9 Å². The van der Waals surface area contributed by atoms with Crippen molar-refractivity contribution < 1.29 is 9.72 Å². The zero-order valence-electron chi connectivity index (χ0n) is 13.0. The van der Waals surface area contributed by atoms with Crippen LogP contribution in [0, 0.1) is 17.0 Å². The molecule has 0 atom stereocenters. The first-order valence-electron chi connectivity index (χ1n) is 7.31. The van der Waals surface area contributed by atoms with Crippen LogP contribution in [-0.4, -0.2) is 33.6 Å². The third-order valence-corrected chi connectivity index (χ3v) is 4.10. The highest BCUT2D eigenvalue weighted by Crippen LogP contribution is 2.36. The number of ketones is 1. The van der Waals surface area contributed by atoms with Crippen molar-refractivity contribution in [1.82, 2.24) is 9.78 Å². The molecule has 7 heteroatoms. The fourth-order valence-electron chi connectivity index (χ4n) is 2.91. The molecule has 21 heavy (non-hydrogen) atoms. The van der Waals surface area contributed by atoms with Gasteiger partial charge >= 0.3 is 5.69 Å². The summed E-state index contributed by atoms with van der Waals surface area (Å²) < 4.78 is 1.71. The van der Waals surface area contributed by atoms with Gasteiger partial charge in [-0.1, -0.05) is 0 Å². The number of nitrogens with zero attached hydrogens (tertiary/aromatic N) is 4. The average molecular weight is 294 g/mol. The van der Waals surface area contributed by atoms with Crippen LogP contribution in [0.5, 0.6) is 0 Å². The van der Waals surface area contributed by atoms with E-state index < -0.39 is 0 Å². The molecule has 0 spiro atoms. The summed E-state index contributed by atoms with van der Waals surface area (Å²) >= 11 is 0. The van der Waals surface area contributed by atoms with Gasteiger partial charge in [-0.05, 0) is 33.6 Å². The van der Waals surface area contributed by atoms with Gasteiger partial charge in [-0.25, -0.2) is 4.68 Å². The maximum Gasteiger partial charge on any atom is 0.333 e. The molecule has 1 aliphatic carbocycles. The average Bonchev–Trinajstić information content (AvgIpc) is 2.76. The first-order valence-corrected chi connectivity index (χ1v) is 7.31. The molecular weight excluding hydrogens is 272 g/mol. The van der Waals surface area contributed by atoms with Gasteiger partial charge in [-0.2, -0.15) is 5.10 Å². The molecule has 0 radical (unpaired) electrons. The van der Waals surface area contributed by atoms with E-state index >= 15 is 0 Å². The van der Waals surface area contributed by atoms with E-state index in [1.54, 1.807) is 11.6 Å². The number of hydrogen-bond acceptors (Lipinski definition) is 5. The van der Waals surface area contributed by atoms with Crippen LogP contribution in [0.2, 0.25) is 0 Å². The molecule has 1 fully saturated rings. The Kier molecular flexibility index (Phi) is 4.29. The van der Waals surface area contributed by atoms with Gasteiger partial charge in [0, 0.05) is 32.0 Å². The number of aryl methyl sites for hydroxylation is 1. The molecule has 1 aromatic rings. The first kappa shape index (κ1) is 15.5. The van der Waals surface area contributed by atoms with E-state index in [0.29, 0.717) is 24.4 Å². The lowest BCUT2D eigenvalue weighted by Crippen LogP contribution is -2.37. The molecule has 0 N–H and O–H groups in total. The first-order chi connectivity index (χ1) is 9.82. The third kappa shape index (κ3) is 2.91. The lowest BCUT2D eigenvalue weighted by atomic mass is 9.93. The standard InChI is InChI=1S/C14H22N4O3/c1-9(2)17-14(13(18(20)21)10(3)15-17)16(4)11-5-7-12(19)8-6-11/h9,11H,5-8H2,1-4H3. The van der Waals surface area contributed by atoms with Crippen LogP contribution in [0.15, 0.2) is 0 Å². The SMILES string of the molecule is Cc1nn(C(C)C)c(N(C)C2CCC(=O)CC2)c1[N+](=O)[O-]. The molecule has 116 valence electrons. The summed E-state index contributed by atoms with van der Waals surface area (Å²) in [5, 5.41) is 15.7. The Morgan fingerprint density at radius 1 is 1.38 bits per heavy atom. The molecule has 7 nitrogen and oxygen atoms in total. The monoisotopic (exact) mass is 294 g/mol. The van der Waals surface area contributed by atoms with Gasteiger partial charge in [0.2, 0.25) is 5.82 Å². The zero-order chi connectivity index (χ0) is 15.7. The molecule has 0 unspecified atom stereocenters. The van der Waals surface area contributed by atoms with Crippen LogP contribution in [-0.2, 0) is 4.79 Å². The van der Waals surface area contributed by atoms with Gasteiger partial charge in [0.1, 0.15) is 11.5 Å². The number of carbonyl (C=O) groups excluding carboxylic acids is 1. The van der Waals surface area contributed by atoms with Gasteiger partial charge in [0.15, 0.2) is 0 Å². The highest BCUT2D eigenvalue weighted by atomic mass is 16.6. The Hall–Kier alpha value is -1.92. The summed E-state index contributed by atoms with van der Waals surface area (Å²) in [6, 6.07) is 0.190. The smallest absolute Gasteiger partial charge is 0.333 e. The normalized spacial score (nSPS) is 16.5. The number of anilines is 1. The number of carbonyl (C=O) groups is 1. The van der Waals surface area contributed by atoms with Gasteiger partial charge in [-0.15, -0.1) is 0 Å². The van der Waals surface area contributed by atoms with E-state index in [1.165, 1.54) is 0 Å². The highest BCUT2D eigenvalue weighted by Gasteiger charge is 2.33. The molecule has 0 aliphatic heterocycles. The third-order valence-electron chi connectivity index (χ3n) is 4.10. The molecule has 1 saturated carbocycles. The maximum absolute atomic E-state index is 11.4. The summed E-state index contributed by atoms with van der Waals surface area (Å²) in [4.78, 5) is 24.3. The van der Waals surface area contributed by atoms with Gasteiger partial charge in [0.25, 0.3) is 0 Å². The Morgan fingerprint density at radius 3 is 2.43 bits per heavy atom. The minimum Gasteiger partial charge on any atom is -0.351 e. The van der Waals surface area contributed by atoms with E-state index in [-0.39, 0.29) is 28.5 Å². The Labute approximate surface area is 124 Å². The number of hydrogen-bond donors (Lipinski definition) is 0. The summed E-state index contributed by atoms with van der Waals surface area (Å²) in [6.07, 6.45) is 2.60. The minimum atomic E-state index is -0.360. The fraction of sp³-hybridized carbons (Fsp3) is 0.714. The molecule has 0 aromatic carbocycles. The second-order valence-electron chi connectivity index (χ2n) is 5.93. The van der Waals surface area contributed by atoms with Gasteiger partial charge in [-0.3, -0.25) is 14.9 Å². The van der Waals surface area contributed by atoms with Crippen molar-refractivity contribution in [2.24, 2.45) is 0 Å². The lowest BCUT2D eigenvalue weighted by Gasteiger charge is -2.32. The zero-order valence-corrected chi connectivity index (χ0v) is 13.0. The van der Waals surface area contributed by atoms with E-state index in [1.807, 2.05) is 25.8 Å². The summed E-state index contributed by atoms with van der Waals surface area (Å²) in [5.74, 6) is 0.828. The second kappa shape index (κ2) is 5.83. The molecule has 1 aliphatic rings. The van der Waals surface area contributed by atoms with Crippen LogP contribution < -0.4 is 4.90 Å². The largest absolute Gasteiger partial charge is 0.351 e. The Morgan fingerprint density at radius 2 is 1.95 bits per heavy atom. The van der Waals surface area contributed by atoms with E-state index in [0.717, 1.165) is 12.8 Å². The van der Waals surface area contributed by atoms with Crippen molar-refractivity contribution in [2.45, 2.75) is 58.5 Å². The molecule has 1 heterocycles. The Bertz CT molecular complexity index is 555. The Balaban J connectivity index is 2.40. The van der Waals surface area contributed by atoms with Crippen molar-refractivity contribution in [3.05, 3.63) is 15.8 Å². The second-order valence-corrected chi connectivity index (χ2v) is 5.93. The van der Waals surface area contributed by atoms with Crippen molar-refractivity contribution in [3.8, 4) is 0 Å². The number of aromatic nitrogens is 2. The topological polar surface area (TPSA) is 81.3 Å². The summed E-state index contributed by atoms with van der Waals surface area (Å²) in [5.41, 5.74) is 0.505. The van der Waals surface area contributed by atoms with E-state index in [4.69, 9.17) is 0 Å². The number of nitro groups is 1. The van der Waals surface area contributed by atoms with Gasteiger partial charge < -0.3 is 4.90 Å². The summed E-state index contributed by atoms with van der Waals surface area (Å²) in [7, 11) is 1.86. The predicted octanol–water partition coefficient (Wildman–Crippen LogP) is 2.63. The lowest BCUT2D eigenvalue weighted by molar-refractivity contribution is -0.384. The molecule has 0 saturated heterocycles. The van der Waals surface area contributed by atoms with Crippen molar-refractivity contribution >= 4 is 17.3 Å². The maximum atomic E-state index is 11.4.